The molecule has 0 saturated carbocycles. The lowest BCUT2D eigenvalue weighted by molar-refractivity contribution is 0.238. The third kappa shape index (κ3) is 6.49. The number of hydrogen-bond acceptors (Lipinski definition) is 3. The normalized spacial score (nSPS) is 16.0. The minimum absolute atomic E-state index is 0.845. The molecule has 1 fully saturated rings. The smallest absolute Gasteiger partial charge is 0.119 e. The van der Waals surface area contributed by atoms with Crippen molar-refractivity contribution in [1.82, 2.24) is 10.2 Å². The van der Waals surface area contributed by atoms with Crippen molar-refractivity contribution < 1.29 is 4.74 Å². The summed E-state index contributed by atoms with van der Waals surface area (Å²) >= 11 is 0. The first-order valence-corrected chi connectivity index (χ1v) is 8.53. The SMILES string of the molecule is CCCCCOc1cccc(CCCN2CCNCC2)c1. The Kier molecular flexibility index (Phi) is 7.61. The summed E-state index contributed by atoms with van der Waals surface area (Å²) in [6.07, 6.45) is 6.04. The van der Waals surface area contributed by atoms with Gasteiger partial charge in [0.25, 0.3) is 0 Å². The molecule has 0 radical (unpaired) electrons. The average Bonchev–Trinajstić information content (AvgIpc) is 2.53. The van der Waals surface area contributed by atoms with Crippen LogP contribution in [0.25, 0.3) is 0 Å². The second kappa shape index (κ2) is 9.80. The van der Waals surface area contributed by atoms with Crippen LogP contribution in [0.4, 0.5) is 0 Å². The summed E-state index contributed by atoms with van der Waals surface area (Å²) < 4.78 is 5.83. The van der Waals surface area contributed by atoms with Gasteiger partial charge in [0, 0.05) is 26.2 Å². The fourth-order valence-electron chi connectivity index (χ4n) is 2.77. The van der Waals surface area contributed by atoms with Crippen LogP contribution < -0.4 is 10.1 Å². The lowest BCUT2D eigenvalue weighted by atomic mass is 10.1. The summed E-state index contributed by atoms with van der Waals surface area (Å²) in [7, 11) is 0. The zero-order valence-electron chi connectivity index (χ0n) is 13.4. The lowest BCUT2D eigenvalue weighted by Crippen LogP contribution is -2.43. The minimum Gasteiger partial charge on any atom is -0.494 e. The van der Waals surface area contributed by atoms with Gasteiger partial charge in [-0.15, -0.1) is 0 Å². The van der Waals surface area contributed by atoms with Crippen molar-refractivity contribution >= 4 is 0 Å². The average molecular weight is 290 g/mol. The standard InChI is InChI=1S/C18H30N2O/c1-2-3-4-15-21-18-9-5-7-17(16-18)8-6-12-20-13-10-19-11-14-20/h5,7,9,16,19H,2-4,6,8,10-15H2,1H3. The molecule has 0 aliphatic carbocycles. The molecule has 1 heterocycles. The van der Waals surface area contributed by atoms with Gasteiger partial charge in [-0.3, -0.25) is 0 Å². The van der Waals surface area contributed by atoms with E-state index in [1.54, 1.807) is 0 Å². The molecule has 1 saturated heterocycles. The van der Waals surface area contributed by atoms with Gasteiger partial charge in [-0.25, -0.2) is 0 Å². The van der Waals surface area contributed by atoms with E-state index in [1.165, 1.54) is 44.5 Å². The maximum atomic E-state index is 5.83. The fraction of sp³-hybridized carbons (Fsp3) is 0.667. The van der Waals surface area contributed by atoms with Gasteiger partial charge in [0.05, 0.1) is 6.61 Å². The van der Waals surface area contributed by atoms with Crippen LogP contribution >= 0.6 is 0 Å². The Morgan fingerprint density at radius 2 is 2.00 bits per heavy atom. The first-order chi connectivity index (χ1) is 10.4. The Labute approximate surface area is 129 Å². The van der Waals surface area contributed by atoms with Gasteiger partial charge >= 0.3 is 0 Å². The molecular weight excluding hydrogens is 260 g/mol. The van der Waals surface area contributed by atoms with Crippen molar-refractivity contribution in [2.24, 2.45) is 0 Å². The molecule has 1 aromatic carbocycles. The van der Waals surface area contributed by atoms with E-state index in [2.05, 4.69) is 41.4 Å². The van der Waals surface area contributed by atoms with Crippen molar-refractivity contribution in [3.05, 3.63) is 29.8 Å². The number of hydrogen-bond donors (Lipinski definition) is 1. The van der Waals surface area contributed by atoms with Gasteiger partial charge < -0.3 is 15.0 Å². The monoisotopic (exact) mass is 290 g/mol. The molecular formula is C18H30N2O. The highest BCUT2D eigenvalue weighted by atomic mass is 16.5. The van der Waals surface area contributed by atoms with Crippen molar-refractivity contribution in [2.75, 3.05) is 39.3 Å². The highest BCUT2D eigenvalue weighted by Gasteiger charge is 2.08. The van der Waals surface area contributed by atoms with Crippen LogP contribution in [0, 0.1) is 0 Å². The lowest BCUT2D eigenvalue weighted by Gasteiger charge is -2.27. The number of piperazine rings is 1. The van der Waals surface area contributed by atoms with Crippen LogP contribution in [0.15, 0.2) is 24.3 Å². The van der Waals surface area contributed by atoms with E-state index >= 15 is 0 Å². The van der Waals surface area contributed by atoms with Gasteiger partial charge in [-0.2, -0.15) is 0 Å². The first kappa shape index (κ1) is 16.3. The Balaban J connectivity index is 1.67. The number of benzene rings is 1. The van der Waals surface area contributed by atoms with E-state index in [9.17, 15) is 0 Å². The third-order valence-corrected chi connectivity index (χ3v) is 4.06. The molecule has 2 rings (SSSR count). The highest BCUT2D eigenvalue weighted by molar-refractivity contribution is 5.28. The zero-order chi connectivity index (χ0) is 14.8. The van der Waals surface area contributed by atoms with E-state index in [-0.39, 0.29) is 0 Å². The van der Waals surface area contributed by atoms with Gasteiger partial charge in [0.15, 0.2) is 0 Å². The molecule has 3 nitrogen and oxygen atoms in total. The Bertz CT molecular complexity index is 389. The van der Waals surface area contributed by atoms with E-state index in [0.29, 0.717) is 0 Å². The summed E-state index contributed by atoms with van der Waals surface area (Å²) in [4.78, 5) is 2.56. The van der Waals surface area contributed by atoms with Crippen LogP contribution in [0.3, 0.4) is 0 Å². The molecule has 0 aromatic heterocycles. The molecule has 1 aliphatic heterocycles. The fourth-order valence-corrected chi connectivity index (χ4v) is 2.77. The van der Waals surface area contributed by atoms with Gasteiger partial charge in [-0.1, -0.05) is 31.9 Å². The molecule has 0 bridgehead atoms. The van der Waals surface area contributed by atoms with E-state index in [1.807, 2.05) is 0 Å². The van der Waals surface area contributed by atoms with Crippen LogP contribution in [0.2, 0.25) is 0 Å². The molecule has 118 valence electrons. The van der Waals surface area contributed by atoms with Crippen molar-refractivity contribution in [1.29, 1.82) is 0 Å². The predicted octanol–water partition coefficient (Wildman–Crippen LogP) is 3.09. The maximum absolute atomic E-state index is 5.83. The van der Waals surface area contributed by atoms with Crippen LogP contribution in [-0.2, 0) is 6.42 Å². The quantitative estimate of drug-likeness (QED) is 0.707. The highest BCUT2D eigenvalue weighted by Crippen LogP contribution is 2.15. The second-order valence-corrected chi connectivity index (χ2v) is 5.90. The van der Waals surface area contributed by atoms with Crippen LogP contribution in [0.1, 0.15) is 38.2 Å². The Morgan fingerprint density at radius 1 is 1.14 bits per heavy atom. The molecule has 0 spiro atoms. The van der Waals surface area contributed by atoms with Crippen LogP contribution in [-0.4, -0.2) is 44.2 Å². The predicted molar refractivity (Wildman–Crippen MR) is 89.1 cm³/mol. The number of rotatable bonds is 9. The van der Waals surface area contributed by atoms with Crippen molar-refractivity contribution in [3.63, 3.8) is 0 Å². The third-order valence-electron chi connectivity index (χ3n) is 4.06. The molecule has 21 heavy (non-hydrogen) atoms. The van der Waals surface area contributed by atoms with Crippen molar-refractivity contribution in [3.8, 4) is 5.75 Å². The van der Waals surface area contributed by atoms with Gasteiger partial charge in [0.1, 0.15) is 5.75 Å². The largest absolute Gasteiger partial charge is 0.494 e. The summed E-state index contributed by atoms with van der Waals surface area (Å²) in [5.74, 6) is 1.03. The minimum atomic E-state index is 0.845. The number of nitrogens with zero attached hydrogens (tertiary/aromatic N) is 1. The molecule has 0 amide bonds. The number of nitrogens with one attached hydrogen (secondary N) is 1. The summed E-state index contributed by atoms with van der Waals surface area (Å²) in [5.41, 5.74) is 1.40. The first-order valence-electron chi connectivity index (χ1n) is 8.53. The molecule has 0 unspecified atom stereocenters. The maximum Gasteiger partial charge on any atom is 0.119 e. The van der Waals surface area contributed by atoms with Gasteiger partial charge in [-0.05, 0) is 43.5 Å². The molecule has 3 heteroatoms. The van der Waals surface area contributed by atoms with E-state index in [4.69, 9.17) is 4.74 Å². The number of unbranched alkanes of at least 4 members (excludes halogenated alkanes) is 2. The number of ether oxygens (including phenoxy) is 1. The topological polar surface area (TPSA) is 24.5 Å². The van der Waals surface area contributed by atoms with Crippen molar-refractivity contribution in [2.45, 2.75) is 39.0 Å². The molecule has 1 aromatic rings. The Morgan fingerprint density at radius 3 is 2.81 bits per heavy atom. The van der Waals surface area contributed by atoms with E-state index in [0.717, 1.165) is 38.3 Å². The van der Waals surface area contributed by atoms with E-state index < -0.39 is 0 Å². The summed E-state index contributed by atoms with van der Waals surface area (Å²) in [5, 5.41) is 3.40. The molecule has 0 atom stereocenters. The summed E-state index contributed by atoms with van der Waals surface area (Å²) in [6.45, 7) is 8.95. The van der Waals surface area contributed by atoms with Crippen LogP contribution in [0.5, 0.6) is 5.75 Å². The number of aryl methyl sites for hydroxylation is 1. The summed E-state index contributed by atoms with van der Waals surface area (Å²) in [6, 6.07) is 8.63. The van der Waals surface area contributed by atoms with Gasteiger partial charge in [0.2, 0.25) is 0 Å². The Hall–Kier alpha value is -1.06. The zero-order valence-corrected chi connectivity index (χ0v) is 13.4. The molecule has 1 aliphatic rings. The molecule has 1 N–H and O–H groups in total. The second-order valence-electron chi connectivity index (χ2n) is 5.90.